The highest BCUT2D eigenvalue weighted by Gasteiger charge is 2.31. The van der Waals surface area contributed by atoms with Gasteiger partial charge in [0, 0.05) is 12.3 Å². The maximum Gasteiger partial charge on any atom is 0.120 e. The molecule has 1 aromatic rings. The Balaban J connectivity index is 1.94. The molecule has 0 aliphatic heterocycles. The molecule has 2 rings (SSSR count). The molecule has 0 bridgehead atoms. The standard InChI is InChI=1S/C10H17N3S/c1-7(8-4-5-8)10-13-12-9(14-10)3-2-6-11/h7-8H,2-6,11H2,1H3. The Morgan fingerprint density at radius 2 is 2.29 bits per heavy atom. The minimum Gasteiger partial charge on any atom is -0.330 e. The van der Waals surface area contributed by atoms with Crippen molar-refractivity contribution in [3.8, 4) is 0 Å². The summed E-state index contributed by atoms with van der Waals surface area (Å²) in [7, 11) is 0. The molecule has 0 radical (unpaired) electrons. The summed E-state index contributed by atoms with van der Waals surface area (Å²) in [5.41, 5.74) is 5.46. The zero-order valence-electron chi connectivity index (χ0n) is 8.57. The van der Waals surface area contributed by atoms with Crippen molar-refractivity contribution in [3.05, 3.63) is 10.0 Å². The average molecular weight is 211 g/mol. The Kier molecular flexibility index (Phi) is 3.13. The first-order valence-corrected chi connectivity index (χ1v) is 6.15. The van der Waals surface area contributed by atoms with Crippen molar-refractivity contribution in [2.75, 3.05) is 6.54 Å². The number of hydrogen-bond donors (Lipinski definition) is 1. The van der Waals surface area contributed by atoms with Crippen molar-refractivity contribution >= 4 is 11.3 Å². The molecule has 3 nitrogen and oxygen atoms in total. The molecule has 78 valence electrons. The summed E-state index contributed by atoms with van der Waals surface area (Å²) in [6, 6.07) is 0. The quantitative estimate of drug-likeness (QED) is 0.809. The smallest absolute Gasteiger partial charge is 0.120 e. The highest BCUT2D eigenvalue weighted by Crippen LogP contribution is 2.42. The van der Waals surface area contributed by atoms with Crippen LogP contribution in [0.15, 0.2) is 0 Å². The number of nitrogens with two attached hydrogens (primary N) is 1. The van der Waals surface area contributed by atoms with Crippen molar-refractivity contribution in [2.24, 2.45) is 11.7 Å². The molecule has 4 heteroatoms. The summed E-state index contributed by atoms with van der Waals surface area (Å²) >= 11 is 1.77. The number of hydrogen-bond acceptors (Lipinski definition) is 4. The molecular formula is C10H17N3S. The van der Waals surface area contributed by atoms with Gasteiger partial charge >= 0.3 is 0 Å². The van der Waals surface area contributed by atoms with Crippen molar-refractivity contribution in [1.82, 2.24) is 10.2 Å². The third-order valence-corrected chi connectivity index (χ3v) is 3.98. The van der Waals surface area contributed by atoms with E-state index in [1.165, 1.54) is 17.8 Å². The Labute approximate surface area is 88.7 Å². The summed E-state index contributed by atoms with van der Waals surface area (Å²) < 4.78 is 0. The Morgan fingerprint density at radius 3 is 2.93 bits per heavy atom. The molecule has 1 aromatic heterocycles. The van der Waals surface area contributed by atoms with Crippen molar-refractivity contribution < 1.29 is 0 Å². The lowest BCUT2D eigenvalue weighted by Crippen LogP contribution is -1.99. The van der Waals surface area contributed by atoms with E-state index in [1.54, 1.807) is 11.3 Å². The molecule has 1 fully saturated rings. The molecule has 1 saturated carbocycles. The van der Waals surface area contributed by atoms with Gasteiger partial charge in [0.1, 0.15) is 10.0 Å². The lowest BCUT2D eigenvalue weighted by Gasteiger charge is -2.02. The van der Waals surface area contributed by atoms with E-state index in [2.05, 4.69) is 17.1 Å². The molecule has 0 aromatic carbocycles. The first-order valence-electron chi connectivity index (χ1n) is 5.33. The maximum absolute atomic E-state index is 5.46. The molecule has 0 amide bonds. The fourth-order valence-corrected chi connectivity index (χ4v) is 2.63. The predicted molar refractivity (Wildman–Crippen MR) is 58.4 cm³/mol. The fourth-order valence-electron chi connectivity index (χ4n) is 1.60. The fraction of sp³-hybridized carbons (Fsp3) is 0.800. The molecular weight excluding hydrogens is 194 g/mol. The highest BCUT2D eigenvalue weighted by atomic mass is 32.1. The van der Waals surface area contributed by atoms with Crippen LogP contribution in [0.2, 0.25) is 0 Å². The summed E-state index contributed by atoms with van der Waals surface area (Å²) in [5.74, 6) is 1.50. The molecule has 2 N–H and O–H groups in total. The molecule has 1 heterocycles. The van der Waals surface area contributed by atoms with Gasteiger partial charge in [0.25, 0.3) is 0 Å². The van der Waals surface area contributed by atoms with Gasteiger partial charge in [-0.25, -0.2) is 0 Å². The molecule has 0 saturated heterocycles. The zero-order chi connectivity index (χ0) is 9.97. The average Bonchev–Trinajstić information content (AvgIpc) is 2.94. The topological polar surface area (TPSA) is 51.8 Å². The van der Waals surface area contributed by atoms with E-state index < -0.39 is 0 Å². The van der Waals surface area contributed by atoms with Crippen molar-refractivity contribution in [1.29, 1.82) is 0 Å². The Hall–Kier alpha value is -0.480. The van der Waals surface area contributed by atoms with E-state index >= 15 is 0 Å². The van der Waals surface area contributed by atoms with Crippen LogP contribution in [0.4, 0.5) is 0 Å². The summed E-state index contributed by atoms with van der Waals surface area (Å²) in [4.78, 5) is 0. The minimum atomic E-state index is 0.624. The normalized spacial score (nSPS) is 18.4. The van der Waals surface area contributed by atoms with E-state index in [4.69, 9.17) is 5.73 Å². The predicted octanol–water partition coefficient (Wildman–Crippen LogP) is 1.94. The molecule has 1 aliphatic rings. The van der Waals surface area contributed by atoms with E-state index in [1.807, 2.05) is 0 Å². The van der Waals surface area contributed by atoms with E-state index in [0.29, 0.717) is 5.92 Å². The van der Waals surface area contributed by atoms with Crippen LogP contribution in [0.3, 0.4) is 0 Å². The van der Waals surface area contributed by atoms with Gasteiger partial charge < -0.3 is 5.73 Å². The van der Waals surface area contributed by atoms with Gasteiger partial charge in [0.05, 0.1) is 0 Å². The van der Waals surface area contributed by atoms with Gasteiger partial charge in [-0.1, -0.05) is 6.92 Å². The van der Waals surface area contributed by atoms with Crippen LogP contribution in [0.5, 0.6) is 0 Å². The van der Waals surface area contributed by atoms with E-state index in [-0.39, 0.29) is 0 Å². The van der Waals surface area contributed by atoms with Crippen molar-refractivity contribution in [2.45, 2.75) is 38.5 Å². The van der Waals surface area contributed by atoms with Crippen LogP contribution in [-0.2, 0) is 6.42 Å². The Morgan fingerprint density at radius 1 is 1.50 bits per heavy atom. The second-order valence-corrected chi connectivity index (χ2v) is 5.15. The second kappa shape index (κ2) is 4.36. The highest BCUT2D eigenvalue weighted by molar-refractivity contribution is 7.11. The first-order chi connectivity index (χ1) is 6.81. The minimum absolute atomic E-state index is 0.624. The van der Waals surface area contributed by atoms with Crippen LogP contribution >= 0.6 is 11.3 Å². The van der Waals surface area contributed by atoms with E-state index in [0.717, 1.165) is 30.3 Å². The van der Waals surface area contributed by atoms with Gasteiger partial charge in [-0.2, -0.15) is 0 Å². The zero-order valence-corrected chi connectivity index (χ0v) is 9.39. The SMILES string of the molecule is CC(c1nnc(CCCN)s1)C1CC1. The van der Waals surface area contributed by atoms with Gasteiger partial charge in [-0.15, -0.1) is 21.5 Å². The van der Waals surface area contributed by atoms with Crippen LogP contribution < -0.4 is 5.73 Å². The monoisotopic (exact) mass is 211 g/mol. The summed E-state index contributed by atoms with van der Waals surface area (Å²) in [6.07, 6.45) is 4.76. The largest absolute Gasteiger partial charge is 0.330 e. The second-order valence-electron chi connectivity index (χ2n) is 4.05. The van der Waals surface area contributed by atoms with Crippen LogP contribution in [0.25, 0.3) is 0 Å². The van der Waals surface area contributed by atoms with Crippen molar-refractivity contribution in [3.63, 3.8) is 0 Å². The van der Waals surface area contributed by atoms with Crippen LogP contribution in [0.1, 0.15) is 42.1 Å². The summed E-state index contributed by atoms with van der Waals surface area (Å²) in [6.45, 7) is 3.01. The first kappa shape index (κ1) is 10.1. The van der Waals surface area contributed by atoms with Crippen LogP contribution in [-0.4, -0.2) is 16.7 Å². The lowest BCUT2D eigenvalue weighted by atomic mass is 10.1. The third-order valence-electron chi connectivity index (χ3n) is 2.80. The summed E-state index contributed by atoms with van der Waals surface area (Å²) in [5, 5.41) is 10.8. The lowest BCUT2D eigenvalue weighted by molar-refractivity contribution is 0.650. The van der Waals surface area contributed by atoms with E-state index in [9.17, 15) is 0 Å². The maximum atomic E-state index is 5.46. The number of nitrogens with zero attached hydrogens (tertiary/aromatic N) is 2. The van der Waals surface area contributed by atoms with Gasteiger partial charge in [0.2, 0.25) is 0 Å². The number of aryl methyl sites for hydroxylation is 1. The molecule has 0 spiro atoms. The molecule has 1 aliphatic carbocycles. The Bertz CT molecular complexity index is 293. The molecule has 1 unspecified atom stereocenters. The van der Waals surface area contributed by atoms with Crippen LogP contribution in [0, 0.1) is 5.92 Å². The third kappa shape index (κ3) is 2.30. The molecule has 14 heavy (non-hydrogen) atoms. The number of aromatic nitrogens is 2. The van der Waals surface area contributed by atoms with Gasteiger partial charge in [-0.3, -0.25) is 0 Å². The number of rotatable bonds is 5. The van der Waals surface area contributed by atoms with Gasteiger partial charge in [0.15, 0.2) is 0 Å². The van der Waals surface area contributed by atoms with Gasteiger partial charge in [-0.05, 0) is 31.7 Å². The molecule has 1 atom stereocenters.